The predicted octanol–water partition coefficient (Wildman–Crippen LogP) is 3.90. The second-order valence-electron chi connectivity index (χ2n) is 3.51. The normalized spacial score (nSPS) is 13.8. The molecule has 0 N–H and O–H groups in total. The van der Waals surface area contributed by atoms with E-state index in [-0.39, 0.29) is 5.78 Å². The van der Waals surface area contributed by atoms with Gasteiger partial charge in [0.15, 0.2) is 5.78 Å². The average Bonchev–Trinajstić information content (AvgIpc) is 2.23. The van der Waals surface area contributed by atoms with Crippen molar-refractivity contribution < 1.29 is 4.79 Å². The molecule has 0 spiro atoms. The molecule has 1 nitrogen and oxygen atoms in total. The maximum Gasteiger partial charge on any atom is 0.158 e. The molecule has 0 fully saturated rings. The number of carbonyl (C=O) groups excluding carboxylic acids is 1. The molecule has 0 bridgehead atoms. The molecule has 0 aromatic rings. The van der Waals surface area contributed by atoms with E-state index in [4.69, 9.17) is 0 Å². The molecule has 0 amide bonds. The van der Waals surface area contributed by atoms with E-state index in [1.54, 1.807) is 0 Å². The largest absolute Gasteiger partial charge is 0.295 e. The zero-order valence-electron chi connectivity index (χ0n) is 9.68. The summed E-state index contributed by atoms with van der Waals surface area (Å²) >= 11 is 0. The number of carbonyl (C=O) groups is 1. The quantitative estimate of drug-likeness (QED) is 0.443. The SMILES string of the molecule is C=CCC(C=C(CC)C(=O)CC)CC. The summed E-state index contributed by atoms with van der Waals surface area (Å²) in [5.41, 5.74) is 0.987. The molecule has 0 radical (unpaired) electrons. The smallest absolute Gasteiger partial charge is 0.158 e. The Balaban J connectivity index is 4.52. The number of ketones is 1. The van der Waals surface area contributed by atoms with Crippen LogP contribution < -0.4 is 0 Å². The summed E-state index contributed by atoms with van der Waals surface area (Å²) in [6, 6.07) is 0. The minimum absolute atomic E-state index is 0.287. The van der Waals surface area contributed by atoms with E-state index in [1.165, 1.54) is 0 Å². The molecule has 0 rings (SSSR count). The van der Waals surface area contributed by atoms with Crippen molar-refractivity contribution in [1.82, 2.24) is 0 Å². The summed E-state index contributed by atoms with van der Waals surface area (Å²) in [7, 11) is 0. The van der Waals surface area contributed by atoms with E-state index < -0.39 is 0 Å². The lowest BCUT2D eigenvalue weighted by atomic mass is 9.95. The van der Waals surface area contributed by atoms with Gasteiger partial charge in [-0.3, -0.25) is 4.79 Å². The maximum atomic E-state index is 11.5. The first kappa shape index (κ1) is 13.2. The highest BCUT2D eigenvalue weighted by atomic mass is 16.1. The van der Waals surface area contributed by atoms with Crippen LogP contribution in [-0.4, -0.2) is 5.78 Å². The fraction of sp³-hybridized carbons (Fsp3) is 0.615. The van der Waals surface area contributed by atoms with E-state index in [1.807, 2.05) is 19.9 Å². The third-order valence-electron chi connectivity index (χ3n) is 2.49. The molecule has 0 heterocycles. The van der Waals surface area contributed by atoms with Crippen molar-refractivity contribution in [3.63, 3.8) is 0 Å². The van der Waals surface area contributed by atoms with Crippen molar-refractivity contribution in [1.29, 1.82) is 0 Å². The monoisotopic (exact) mass is 194 g/mol. The van der Waals surface area contributed by atoms with Gasteiger partial charge in [-0.25, -0.2) is 0 Å². The number of Topliss-reactive ketones (excluding diaryl/α,β-unsaturated/α-hetero) is 1. The molecular weight excluding hydrogens is 172 g/mol. The first-order valence-electron chi connectivity index (χ1n) is 5.54. The van der Waals surface area contributed by atoms with Crippen molar-refractivity contribution in [2.24, 2.45) is 5.92 Å². The molecule has 0 aliphatic rings. The molecular formula is C13H22O. The van der Waals surface area contributed by atoms with Crippen molar-refractivity contribution in [3.8, 4) is 0 Å². The lowest BCUT2D eigenvalue weighted by Crippen LogP contribution is -2.03. The third kappa shape index (κ3) is 4.40. The topological polar surface area (TPSA) is 17.1 Å². The first-order chi connectivity index (χ1) is 6.69. The van der Waals surface area contributed by atoms with Gasteiger partial charge in [-0.05, 0) is 30.8 Å². The highest BCUT2D eigenvalue weighted by molar-refractivity contribution is 5.94. The van der Waals surface area contributed by atoms with Gasteiger partial charge >= 0.3 is 0 Å². The Morgan fingerprint density at radius 2 is 1.93 bits per heavy atom. The molecule has 1 atom stereocenters. The van der Waals surface area contributed by atoms with Crippen LogP contribution in [0.15, 0.2) is 24.3 Å². The Morgan fingerprint density at radius 1 is 1.29 bits per heavy atom. The minimum atomic E-state index is 0.287. The summed E-state index contributed by atoms with van der Waals surface area (Å²) in [6.45, 7) is 9.84. The molecule has 0 aromatic carbocycles. The lowest BCUT2D eigenvalue weighted by molar-refractivity contribution is -0.115. The maximum absolute atomic E-state index is 11.5. The van der Waals surface area contributed by atoms with E-state index >= 15 is 0 Å². The summed E-state index contributed by atoms with van der Waals surface area (Å²) in [4.78, 5) is 11.5. The Hall–Kier alpha value is -0.850. The highest BCUT2D eigenvalue weighted by Crippen LogP contribution is 2.16. The van der Waals surface area contributed by atoms with E-state index in [9.17, 15) is 4.79 Å². The zero-order chi connectivity index (χ0) is 11.0. The molecule has 14 heavy (non-hydrogen) atoms. The van der Waals surface area contributed by atoms with Gasteiger partial charge in [0.25, 0.3) is 0 Å². The van der Waals surface area contributed by atoms with Gasteiger partial charge in [0.2, 0.25) is 0 Å². The van der Waals surface area contributed by atoms with Gasteiger partial charge < -0.3 is 0 Å². The fourth-order valence-corrected chi connectivity index (χ4v) is 1.49. The Kier molecular flexibility index (Phi) is 7.09. The number of hydrogen-bond donors (Lipinski definition) is 0. The predicted molar refractivity (Wildman–Crippen MR) is 62.3 cm³/mol. The van der Waals surface area contributed by atoms with Crippen molar-refractivity contribution in [2.75, 3.05) is 0 Å². The molecule has 0 saturated heterocycles. The summed E-state index contributed by atoms with van der Waals surface area (Å²) in [5, 5.41) is 0. The summed E-state index contributed by atoms with van der Waals surface area (Å²) in [5.74, 6) is 0.771. The third-order valence-corrected chi connectivity index (χ3v) is 2.49. The highest BCUT2D eigenvalue weighted by Gasteiger charge is 2.07. The Bertz CT molecular complexity index is 213. The summed E-state index contributed by atoms with van der Waals surface area (Å²) in [6.07, 6.45) is 7.57. The van der Waals surface area contributed by atoms with Crippen LogP contribution in [0.2, 0.25) is 0 Å². The number of allylic oxidation sites excluding steroid dienone is 3. The van der Waals surface area contributed by atoms with Crippen LogP contribution in [-0.2, 0) is 4.79 Å². The molecule has 0 aromatic heterocycles. The van der Waals surface area contributed by atoms with Crippen LogP contribution in [0.4, 0.5) is 0 Å². The molecule has 0 saturated carbocycles. The molecule has 1 heteroatoms. The molecule has 0 aliphatic heterocycles. The second kappa shape index (κ2) is 7.54. The van der Waals surface area contributed by atoms with Gasteiger partial charge in [-0.2, -0.15) is 0 Å². The van der Waals surface area contributed by atoms with Crippen LogP contribution in [0.25, 0.3) is 0 Å². The lowest BCUT2D eigenvalue weighted by Gasteiger charge is -2.09. The molecule has 1 unspecified atom stereocenters. The van der Waals surface area contributed by atoms with Gasteiger partial charge in [0, 0.05) is 6.42 Å². The average molecular weight is 194 g/mol. The van der Waals surface area contributed by atoms with Gasteiger partial charge in [-0.1, -0.05) is 32.9 Å². The number of rotatable bonds is 7. The van der Waals surface area contributed by atoms with Crippen LogP contribution >= 0.6 is 0 Å². The second-order valence-corrected chi connectivity index (χ2v) is 3.51. The first-order valence-corrected chi connectivity index (χ1v) is 5.54. The Morgan fingerprint density at radius 3 is 2.29 bits per heavy atom. The van der Waals surface area contributed by atoms with Crippen LogP contribution in [0.5, 0.6) is 0 Å². The van der Waals surface area contributed by atoms with Gasteiger partial charge in [-0.15, -0.1) is 6.58 Å². The molecule has 80 valence electrons. The van der Waals surface area contributed by atoms with Crippen molar-refractivity contribution >= 4 is 5.78 Å². The van der Waals surface area contributed by atoms with Crippen molar-refractivity contribution in [2.45, 2.75) is 46.5 Å². The van der Waals surface area contributed by atoms with E-state index in [0.29, 0.717) is 12.3 Å². The zero-order valence-corrected chi connectivity index (χ0v) is 9.68. The van der Waals surface area contributed by atoms with Crippen LogP contribution in [0.3, 0.4) is 0 Å². The fourth-order valence-electron chi connectivity index (χ4n) is 1.49. The van der Waals surface area contributed by atoms with E-state index in [2.05, 4.69) is 19.6 Å². The van der Waals surface area contributed by atoms with E-state index in [0.717, 1.165) is 24.8 Å². The van der Waals surface area contributed by atoms with Crippen molar-refractivity contribution in [3.05, 3.63) is 24.3 Å². The number of hydrogen-bond acceptors (Lipinski definition) is 1. The van der Waals surface area contributed by atoms with Gasteiger partial charge in [0.05, 0.1) is 0 Å². The summed E-state index contributed by atoms with van der Waals surface area (Å²) < 4.78 is 0. The minimum Gasteiger partial charge on any atom is -0.295 e. The standard InChI is InChI=1S/C13H22O/c1-5-9-11(6-2)10-12(7-3)13(14)8-4/h5,10-11H,1,6-9H2,2-4H3. The molecule has 0 aliphatic carbocycles. The van der Waals surface area contributed by atoms with Crippen LogP contribution in [0, 0.1) is 5.92 Å². The Labute approximate surface area is 87.9 Å². The van der Waals surface area contributed by atoms with Crippen LogP contribution in [0.1, 0.15) is 46.5 Å². The van der Waals surface area contributed by atoms with Gasteiger partial charge in [0.1, 0.15) is 0 Å².